The SMILES string of the molecule is CC(C)OC[C@H](O)CN(Cc1c(-c2ccccc2)nn(C)c1Oc1ccc(F)cc1)C(C)C. The van der Waals surface area contributed by atoms with Crippen molar-refractivity contribution >= 4 is 0 Å². The first-order chi connectivity index (χ1) is 15.7. The molecular weight excluding hydrogens is 421 g/mol. The van der Waals surface area contributed by atoms with Crippen LogP contribution in [0.4, 0.5) is 4.39 Å². The Balaban J connectivity index is 1.94. The second-order valence-electron chi connectivity index (χ2n) is 8.74. The maximum absolute atomic E-state index is 13.4. The minimum absolute atomic E-state index is 0.0610. The van der Waals surface area contributed by atoms with E-state index in [1.54, 1.807) is 16.8 Å². The Hall–Kier alpha value is -2.74. The van der Waals surface area contributed by atoms with E-state index in [0.29, 0.717) is 24.7 Å². The smallest absolute Gasteiger partial charge is 0.222 e. The summed E-state index contributed by atoms with van der Waals surface area (Å²) in [6, 6.07) is 16.0. The number of nitrogens with zero attached hydrogens (tertiary/aromatic N) is 3. The van der Waals surface area contributed by atoms with Crippen LogP contribution in [-0.2, 0) is 18.3 Å². The van der Waals surface area contributed by atoms with E-state index in [1.165, 1.54) is 12.1 Å². The molecule has 0 fully saturated rings. The van der Waals surface area contributed by atoms with Crippen LogP contribution >= 0.6 is 0 Å². The van der Waals surface area contributed by atoms with E-state index in [9.17, 15) is 9.50 Å². The molecule has 2 aromatic carbocycles. The number of benzene rings is 2. The highest BCUT2D eigenvalue weighted by molar-refractivity contribution is 5.65. The highest BCUT2D eigenvalue weighted by Gasteiger charge is 2.24. The number of hydrogen-bond acceptors (Lipinski definition) is 5. The van der Waals surface area contributed by atoms with Gasteiger partial charge in [0.15, 0.2) is 0 Å². The third-order valence-electron chi connectivity index (χ3n) is 5.32. The molecule has 1 heterocycles. The Bertz CT molecular complexity index is 1000. The molecule has 0 aliphatic carbocycles. The van der Waals surface area contributed by atoms with Crippen molar-refractivity contribution in [2.24, 2.45) is 7.05 Å². The summed E-state index contributed by atoms with van der Waals surface area (Å²) in [7, 11) is 1.83. The van der Waals surface area contributed by atoms with Gasteiger partial charge in [0.05, 0.1) is 24.4 Å². The van der Waals surface area contributed by atoms with Gasteiger partial charge in [-0.1, -0.05) is 30.3 Å². The fraction of sp³-hybridized carbons (Fsp3) is 0.423. The van der Waals surface area contributed by atoms with E-state index in [-0.39, 0.29) is 24.6 Å². The molecule has 6 nitrogen and oxygen atoms in total. The second kappa shape index (κ2) is 11.4. The van der Waals surface area contributed by atoms with Crippen molar-refractivity contribution in [2.75, 3.05) is 13.2 Å². The van der Waals surface area contributed by atoms with E-state index in [0.717, 1.165) is 16.8 Å². The summed E-state index contributed by atoms with van der Waals surface area (Å²) in [6.07, 6.45) is -0.556. The summed E-state index contributed by atoms with van der Waals surface area (Å²) in [5, 5.41) is 15.3. The lowest BCUT2D eigenvalue weighted by atomic mass is 10.1. The van der Waals surface area contributed by atoms with Crippen molar-refractivity contribution in [1.29, 1.82) is 0 Å². The third kappa shape index (κ3) is 6.87. The largest absolute Gasteiger partial charge is 0.439 e. The molecule has 0 radical (unpaired) electrons. The van der Waals surface area contributed by atoms with E-state index in [2.05, 4.69) is 18.7 Å². The molecule has 0 bridgehead atoms. The first-order valence-corrected chi connectivity index (χ1v) is 11.3. The predicted octanol–water partition coefficient (Wildman–Crippen LogP) is 5.01. The van der Waals surface area contributed by atoms with Crippen LogP contribution in [0.1, 0.15) is 33.3 Å². The molecular formula is C26H34FN3O3. The average molecular weight is 456 g/mol. The quantitative estimate of drug-likeness (QED) is 0.440. The average Bonchev–Trinajstić information content (AvgIpc) is 3.09. The molecule has 33 heavy (non-hydrogen) atoms. The first-order valence-electron chi connectivity index (χ1n) is 11.3. The van der Waals surface area contributed by atoms with Crippen LogP contribution in [0.2, 0.25) is 0 Å². The molecule has 1 aromatic heterocycles. The normalized spacial score (nSPS) is 12.7. The lowest BCUT2D eigenvalue weighted by molar-refractivity contribution is -0.0137. The summed E-state index contributed by atoms with van der Waals surface area (Å²) >= 11 is 0. The minimum atomic E-state index is -0.617. The zero-order chi connectivity index (χ0) is 24.0. The minimum Gasteiger partial charge on any atom is -0.439 e. The Kier molecular flexibility index (Phi) is 8.61. The van der Waals surface area contributed by atoms with Crippen LogP contribution < -0.4 is 4.74 Å². The van der Waals surface area contributed by atoms with Gasteiger partial charge in [-0.05, 0) is 52.0 Å². The summed E-state index contributed by atoms with van der Waals surface area (Å²) in [5.41, 5.74) is 2.69. The molecule has 0 amide bonds. The monoisotopic (exact) mass is 455 g/mol. The Labute approximate surface area is 195 Å². The van der Waals surface area contributed by atoms with Gasteiger partial charge in [-0.15, -0.1) is 0 Å². The van der Waals surface area contributed by atoms with Crippen LogP contribution in [0.25, 0.3) is 11.3 Å². The molecule has 7 heteroatoms. The van der Waals surface area contributed by atoms with Gasteiger partial charge in [-0.25, -0.2) is 9.07 Å². The summed E-state index contributed by atoms with van der Waals surface area (Å²) in [4.78, 5) is 2.18. The van der Waals surface area contributed by atoms with Gasteiger partial charge < -0.3 is 14.6 Å². The molecule has 178 valence electrons. The van der Waals surface area contributed by atoms with Crippen molar-refractivity contribution in [1.82, 2.24) is 14.7 Å². The zero-order valence-electron chi connectivity index (χ0n) is 20.0. The van der Waals surface area contributed by atoms with Crippen molar-refractivity contribution < 1.29 is 19.0 Å². The molecule has 0 saturated carbocycles. The maximum Gasteiger partial charge on any atom is 0.222 e. The zero-order valence-corrected chi connectivity index (χ0v) is 20.0. The topological polar surface area (TPSA) is 59.8 Å². The van der Waals surface area contributed by atoms with Crippen molar-refractivity contribution in [2.45, 2.75) is 52.5 Å². The Morgan fingerprint density at radius 1 is 1.03 bits per heavy atom. The van der Waals surface area contributed by atoms with Gasteiger partial charge in [0.25, 0.3) is 0 Å². The molecule has 0 unspecified atom stereocenters. The number of aliphatic hydroxyl groups excluding tert-OH is 1. The van der Waals surface area contributed by atoms with Gasteiger partial charge >= 0.3 is 0 Å². The molecule has 1 atom stereocenters. The predicted molar refractivity (Wildman–Crippen MR) is 128 cm³/mol. The van der Waals surface area contributed by atoms with Crippen molar-refractivity contribution in [3.8, 4) is 22.9 Å². The van der Waals surface area contributed by atoms with E-state index >= 15 is 0 Å². The number of aromatic nitrogens is 2. The number of rotatable bonds is 11. The third-order valence-corrected chi connectivity index (χ3v) is 5.32. The van der Waals surface area contributed by atoms with Crippen molar-refractivity contribution in [3.05, 3.63) is 66.0 Å². The lowest BCUT2D eigenvalue weighted by Crippen LogP contribution is -2.39. The van der Waals surface area contributed by atoms with Crippen LogP contribution in [-0.4, -0.2) is 51.2 Å². The number of hydrogen-bond donors (Lipinski definition) is 1. The molecule has 3 aromatic rings. The molecule has 0 saturated heterocycles. The summed E-state index contributed by atoms with van der Waals surface area (Å²) in [5.74, 6) is 0.793. The second-order valence-corrected chi connectivity index (χ2v) is 8.74. The van der Waals surface area contributed by atoms with E-state index in [1.807, 2.05) is 51.2 Å². The van der Waals surface area contributed by atoms with E-state index < -0.39 is 6.10 Å². The molecule has 3 rings (SSSR count). The van der Waals surface area contributed by atoms with Gasteiger partial charge in [-0.3, -0.25) is 4.90 Å². The van der Waals surface area contributed by atoms with Gasteiger partial charge in [0, 0.05) is 31.7 Å². The van der Waals surface area contributed by atoms with Gasteiger partial charge in [0.2, 0.25) is 5.88 Å². The van der Waals surface area contributed by atoms with Gasteiger partial charge in [-0.2, -0.15) is 5.10 Å². The number of halogens is 1. The van der Waals surface area contributed by atoms with Crippen LogP contribution in [0, 0.1) is 5.82 Å². The van der Waals surface area contributed by atoms with Crippen molar-refractivity contribution in [3.63, 3.8) is 0 Å². The van der Waals surface area contributed by atoms with Crippen LogP contribution in [0.15, 0.2) is 54.6 Å². The Morgan fingerprint density at radius 3 is 2.30 bits per heavy atom. The fourth-order valence-electron chi connectivity index (χ4n) is 3.55. The summed E-state index contributed by atoms with van der Waals surface area (Å²) < 4.78 is 26.9. The summed E-state index contributed by atoms with van der Waals surface area (Å²) in [6.45, 7) is 9.33. The van der Waals surface area contributed by atoms with Crippen LogP contribution in [0.3, 0.4) is 0 Å². The highest BCUT2D eigenvalue weighted by atomic mass is 19.1. The van der Waals surface area contributed by atoms with E-state index in [4.69, 9.17) is 14.6 Å². The fourth-order valence-corrected chi connectivity index (χ4v) is 3.55. The molecule has 0 aliphatic heterocycles. The maximum atomic E-state index is 13.4. The molecule has 0 aliphatic rings. The number of aliphatic hydroxyl groups is 1. The van der Waals surface area contributed by atoms with Crippen LogP contribution in [0.5, 0.6) is 11.6 Å². The Morgan fingerprint density at radius 2 is 1.70 bits per heavy atom. The highest BCUT2D eigenvalue weighted by Crippen LogP contribution is 2.34. The lowest BCUT2D eigenvalue weighted by Gasteiger charge is -2.29. The molecule has 1 N–H and O–H groups in total. The standard InChI is InChI=1S/C26H34FN3O3/c1-18(2)30(15-22(31)17-32-19(3)4)16-24-25(20-9-7-6-8-10-20)28-29(5)26(24)33-23-13-11-21(27)12-14-23/h6-14,18-19,22,31H,15-17H2,1-5H3/t22-/m1/s1. The van der Waals surface area contributed by atoms with Gasteiger partial charge in [0.1, 0.15) is 17.3 Å². The number of ether oxygens (including phenoxy) is 2. The first kappa shape index (κ1) is 24.9. The number of aryl methyl sites for hydroxylation is 1. The molecule has 0 spiro atoms.